The van der Waals surface area contributed by atoms with E-state index in [9.17, 15) is 28.4 Å². The number of nitrogens with zero attached hydrogens (tertiary/aromatic N) is 4. The van der Waals surface area contributed by atoms with Gasteiger partial charge in [-0.15, -0.1) is 23.5 Å². The number of amidine groups is 2. The van der Waals surface area contributed by atoms with Gasteiger partial charge >= 0.3 is 71.3 Å². The number of benzene rings is 3. The SMILES string of the molecule is CC1=C(Br)C2C(C)C(C)C(C)C2S1.CC1=C(c2cc(C(C)(C)C)cc(C(C)(C)C)c2)C2C(C)C(C)C(C)C2S1.C[Si](C)(C)Cl.[CH3-].[CH3-].[Cl][Ti][Cl].[Cl][Ti][Cl].[N-]=C(c1c(F)cccc1F)N1CCCCC1.[N-]=C(c1c(F)cccc1F)N1CCCCC1. The fourth-order valence-corrected chi connectivity index (χ4v) is 16.2. The van der Waals surface area contributed by atoms with Gasteiger partial charge in [-0.2, -0.15) is 11.1 Å². The van der Waals surface area contributed by atoms with Gasteiger partial charge in [-0.25, -0.2) is 17.6 Å². The average Bonchev–Trinajstić information content (AvgIpc) is 2.11. The Hall–Kier alpha value is 0.0755. The third kappa shape index (κ3) is 23.3. The molecular weight excluding hydrogens is 1360 g/mol. The van der Waals surface area contributed by atoms with E-state index in [1.807, 2.05) is 0 Å². The van der Waals surface area contributed by atoms with Crippen molar-refractivity contribution in [1.82, 2.24) is 9.80 Å². The van der Waals surface area contributed by atoms with Gasteiger partial charge in [-0.05, 0) is 143 Å². The zero-order chi connectivity index (χ0) is 62.4. The van der Waals surface area contributed by atoms with Crippen molar-refractivity contribution in [1.29, 1.82) is 0 Å². The Morgan fingerprint density at radius 1 is 0.548 bits per heavy atom. The molecule has 4 nitrogen and oxygen atoms in total. The molecule has 4 aliphatic heterocycles. The van der Waals surface area contributed by atoms with Crippen LogP contribution >= 0.6 is 87.8 Å². The summed E-state index contributed by atoms with van der Waals surface area (Å²) in [6.45, 7) is 42.2. The van der Waals surface area contributed by atoms with E-state index in [0.717, 1.165) is 115 Å². The molecule has 2 saturated carbocycles. The number of thioether (sulfide) groups is 2. The van der Waals surface area contributed by atoms with E-state index in [-0.39, 0.29) is 48.5 Å². The fourth-order valence-electron chi connectivity index (χ4n) is 11.6. The smallest absolute Gasteiger partial charge is 0.133 e. The van der Waals surface area contributed by atoms with Crippen LogP contribution in [0.3, 0.4) is 0 Å². The number of piperidine rings is 2. The molecule has 6 aliphatic rings. The molecule has 4 heterocycles. The summed E-state index contributed by atoms with van der Waals surface area (Å²) in [6.07, 6.45) is 5.98. The van der Waals surface area contributed by atoms with Gasteiger partial charge in [0.1, 0.15) is 30.7 Å². The van der Waals surface area contributed by atoms with Crippen LogP contribution in [0.5, 0.6) is 0 Å². The third-order valence-electron chi connectivity index (χ3n) is 16.8. The van der Waals surface area contributed by atoms with Crippen molar-refractivity contribution >= 4 is 112 Å². The van der Waals surface area contributed by atoms with Gasteiger partial charge in [0.05, 0.1) is 0 Å². The van der Waals surface area contributed by atoms with Crippen LogP contribution in [0.1, 0.15) is 163 Å². The van der Waals surface area contributed by atoms with Crippen molar-refractivity contribution in [2.75, 3.05) is 26.2 Å². The normalized spacial score (nSPS) is 25.0. The van der Waals surface area contributed by atoms with Gasteiger partial charge in [0, 0.05) is 37.9 Å². The first-order chi connectivity index (χ1) is 38.1. The zero-order valence-corrected chi connectivity index (χ0v) is 64.5. The standard InChI is InChI=1S/C25H38S.2C12H13F2N2.C11H17BrS.C3H9ClSi.2CH3.4ClH.2Ti/c1-14-15(2)21-22(17(4)26-23(21)16(14)3)18-11-19(24(5,6)7)13-20(12-18)25(8,9)10;2*13-9-5-4-6-10(14)11(9)12(15)16-7-2-1-3-8-16;1-5-6(2)9-10(12)8(4)13-11(9)7(5)3;1-5(2,3)4;;;;;;;;/h11-16,21,23H,1-10H3;2*4-6H,1-3,7-8H2;5-7,9,11H,1-4H3;1-3H3;2*1H3;4*1H;;/q;2*-1;;;2*-1;;;;;2*+2/p-4. The molecule has 0 amide bonds. The van der Waals surface area contributed by atoms with Gasteiger partial charge in [-0.1, -0.05) is 199 Å². The minimum Gasteiger partial charge on any atom is -0.468 e. The van der Waals surface area contributed by atoms with E-state index in [2.05, 4.69) is 174 Å². The summed E-state index contributed by atoms with van der Waals surface area (Å²) < 4.78 is 55.1. The summed E-state index contributed by atoms with van der Waals surface area (Å²) in [5, 5.41) is 21.4. The molecule has 2 aliphatic carbocycles. The second kappa shape index (κ2) is 37.6. The summed E-state index contributed by atoms with van der Waals surface area (Å²) in [4.78, 5) is 6.34. The van der Waals surface area contributed by atoms with Crippen LogP contribution in [0.25, 0.3) is 16.4 Å². The molecule has 474 valence electrons. The Morgan fingerprint density at radius 3 is 1.15 bits per heavy atom. The van der Waals surface area contributed by atoms with Gasteiger partial charge in [0.2, 0.25) is 0 Å². The van der Waals surface area contributed by atoms with Crippen LogP contribution in [0.2, 0.25) is 19.6 Å². The molecule has 0 spiro atoms. The van der Waals surface area contributed by atoms with Gasteiger partial charge < -0.3 is 35.5 Å². The van der Waals surface area contributed by atoms with Gasteiger partial charge in [-0.3, -0.25) is 0 Å². The van der Waals surface area contributed by atoms with Crippen molar-refractivity contribution < 1.29 is 51.6 Å². The molecule has 0 N–H and O–H groups in total. The van der Waals surface area contributed by atoms with Crippen molar-refractivity contribution in [2.24, 2.45) is 47.3 Å². The number of allylic oxidation sites excluding steroid dienone is 4. The van der Waals surface area contributed by atoms with E-state index < -0.39 is 64.7 Å². The van der Waals surface area contributed by atoms with E-state index in [1.54, 1.807) is 20.3 Å². The minimum atomic E-state index is -1.14. The Balaban J connectivity index is 0.000000538. The summed E-state index contributed by atoms with van der Waals surface area (Å²) in [6, 6.07) is 14.6. The number of hydrogen-bond acceptors (Lipinski definition) is 2. The Bertz CT molecular complexity index is 2470. The van der Waals surface area contributed by atoms with E-state index in [0.29, 0.717) is 32.1 Å². The van der Waals surface area contributed by atoms with E-state index >= 15 is 0 Å². The molecule has 0 bridgehead atoms. The first-order valence-corrected chi connectivity index (χ1v) is 44.4. The first-order valence-electron chi connectivity index (χ1n) is 28.8. The summed E-state index contributed by atoms with van der Waals surface area (Å²) in [5.41, 5.74) is 5.82. The van der Waals surface area contributed by atoms with Gasteiger partial charge in [0.15, 0.2) is 0 Å². The van der Waals surface area contributed by atoms with E-state index in [1.165, 1.54) is 38.2 Å². The topological polar surface area (TPSA) is 51.1 Å². The van der Waals surface area contributed by atoms with Crippen LogP contribution in [-0.4, -0.2) is 65.5 Å². The molecule has 10 unspecified atom stereocenters. The average molecular weight is 1450 g/mol. The second-order valence-electron chi connectivity index (χ2n) is 25.7. The maximum Gasteiger partial charge on any atom is 0.133 e. The molecule has 4 fully saturated rings. The maximum absolute atomic E-state index is 13.4. The van der Waals surface area contributed by atoms with Crippen LogP contribution in [0.15, 0.2) is 68.9 Å². The Kier molecular flexibility index (Phi) is 36.7. The van der Waals surface area contributed by atoms with Crippen molar-refractivity contribution in [3.63, 3.8) is 0 Å². The summed E-state index contributed by atoms with van der Waals surface area (Å²) in [5.74, 6) is 3.06. The molecule has 9 rings (SSSR count). The molecule has 3 aromatic rings. The molecule has 2 saturated heterocycles. The maximum atomic E-state index is 13.4. The summed E-state index contributed by atoms with van der Waals surface area (Å²) in [7, 11) is 18.4. The predicted octanol–water partition coefficient (Wildman–Crippen LogP) is 23.2. The number of hydrogen-bond donors (Lipinski definition) is 0. The summed E-state index contributed by atoms with van der Waals surface area (Å²) >= 11 is 12.6. The molecule has 10 atom stereocenters. The van der Waals surface area contributed by atoms with Gasteiger partial charge in [0.25, 0.3) is 0 Å². The van der Waals surface area contributed by atoms with E-state index in [4.69, 9.17) is 48.3 Å². The molecule has 84 heavy (non-hydrogen) atoms. The number of likely N-dealkylation sites (tertiary alicyclic amines) is 2. The molecule has 0 radical (unpaired) electrons. The molecular formula is C65H96BrCl5F4N4S2SiTi2-4. The monoisotopic (exact) mass is 1450 g/mol. The Morgan fingerprint density at radius 2 is 0.845 bits per heavy atom. The van der Waals surface area contributed by atoms with Crippen molar-refractivity contribution in [3.8, 4) is 0 Å². The Labute approximate surface area is 563 Å². The third-order valence-corrected chi connectivity index (χ3v) is 21.3. The first kappa shape index (κ1) is 82.1. The number of halogens is 10. The fraction of sp³-hybridized carbons (Fsp3) is 0.600. The minimum absolute atomic E-state index is 0. The largest absolute Gasteiger partial charge is 0.468 e. The van der Waals surface area contributed by atoms with Crippen LogP contribution < -0.4 is 0 Å². The van der Waals surface area contributed by atoms with Crippen LogP contribution in [0, 0.1) is 85.5 Å². The number of fused-ring (bicyclic) bond motifs is 2. The zero-order valence-electron chi connectivity index (χ0n) is 53.4. The molecule has 3 aromatic carbocycles. The van der Waals surface area contributed by atoms with Crippen LogP contribution in [0.4, 0.5) is 17.6 Å². The van der Waals surface area contributed by atoms with Crippen LogP contribution in [-0.2, 0) is 44.9 Å². The predicted molar refractivity (Wildman–Crippen MR) is 367 cm³/mol. The second-order valence-corrected chi connectivity index (χ2v) is 42.0. The molecule has 0 aromatic heterocycles. The van der Waals surface area contributed by atoms with Crippen molar-refractivity contribution in [3.05, 3.63) is 146 Å². The quantitative estimate of drug-likeness (QED) is 0.0655. The number of rotatable bonds is 3. The molecule has 19 heteroatoms. The van der Waals surface area contributed by atoms with Crippen molar-refractivity contribution in [2.45, 2.75) is 176 Å².